The molecule has 2 aromatic rings. The summed E-state index contributed by atoms with van der Waals surface area (Å²) < 4.78 is 18.7. The molecule has 0 saturated heterocycles. The molecule has 2 rings (SSSR count). The summed E-state index contributed by atoms with van der Waals surface area (Å²) in [6, 6.07) is 11.1. The van der Waals surface area contributed by atoms with Crippen molar-refractivity contribution in [1.29, 1.82) is 0 Å². The first-order valence-corrected chi connectivity index (χ1v) is 7.23. The van der Waals surface area contributed by atoms with Crippen molar-refractivity contribution in [2.75, 3.05) is 12.3 Å². The van der Waals surface area contributed by atoms with Gasteiger partial charge in [-0.25, -0.2) is 14.0 Å². The first kappa shape index (κ1) is 17.8. The predicted molar refractivity (Wildman–Crippen MR) is 89.3 cm³/mol. The number of alkyl carbamates (subject to hydrolysis) is 1. The molecule has 0 aliphatic rings. The second-order valence-corrected chi connectivity index (χ2v) is 4.94. The van der Waals surface area contributed by atoms with Crippen LogP contribution in [0, 0.1) is 17.7 Å². The number of anilines is 1. The maximum absolute atomic E-state index is 13.7. The largest absolute Gasteiger partial charge is 0.478 e. The molecular weight excluding hydrogens is 327 g/mol. The second-order valence-electron chi connectivity index (χ2n) is 4.94. The number of ether oxygens (including phenoxy) is 1. The van der Waals surface area contributed by atoms with Gasteiger partial charge in [-0.3, -0.25) is 0 Å². The third kappa shape index (κ3) is 5.25. The molecule has 128 valence electrons. The summed E-state index contributed by atoms with van der Waals surface area (Å²) in [5, 5.41) is 11.3. The van der Waals surface area contributed by atoms with Crippen LogP contribution in [0.3, 0.4) is 0 Å². The van der Waals surface area contributed by atoms with Gasteiger partial charge < -0.3 is 20.9 Å². The molecule has 6 nitrogen and oxygen atoms in total. The summed E-state index contributed by atoms with van der Waals surface area (Å²) in [4.78, 5) is 22.5. The minimum atomic E-state index is -1.27. The molecule has 0 aromatic heterocycles. The number of aromatic carboxylic acids is 1. The van der Waals surface area contributed by atoms with E-state index >= 15 is 0 Å². The number of hydrogen-bond acceptors (Lipinski definition) is 4. The first-order chi connectivity index (χ1) is 12.0. The molecule has 0 radical (unpaired) electrons. The summed E-state index contributed by atoms with van der Waals surface area (Å²) in [5.41, 5.74) is 5.73. The summed E-state index contributed by atoms with van der Waals surface area (Å²) >= 11 is 0. The molecule has 0 atom stereocenters. The average molecular weight is 342 g/mol. The van der Waals surface area contributed by atoms with Crippen LogP contribution < -0.4 is 11.1 Å². The lowest BCUT2D eigenvalue weighted by atomic mass is 10.1. The molecule has 0 unspecified atom stereocenters. The number of rotatable bonds is 4. The maximum Gasteiger partial charge on any atom is 0.408 e. The van der Waals surface area contributed by atoms with E-state index in [0.717, 1.165) is 17.7 Å². The number of carboxylic acids is 1. The topological polar surface area (TPSA) is 102 Å². The molecule has 0 heterocycles. The number of nitrogen functional groups attached to an aromatic ring is 1. The second kappa shape index (κ2) is 8.36. The van der Waals surface area contributed by atoms with Crippen molar-refractivity contribution in [2.45, 2.75) is 6.61 Å². The van der Waals surface area contributed by atoms with E-state index in [4.69, 9.17) is 15.6 Å². The highest BCUT2D eigenvalue weighted by atomic mass is 19.1. The summed E-state index contributed by atoms with van der Waals surface area (Å²) in [6.07, 6.45) is -0.665. The fourth-order valence-electron chi connectivity index (χ4n) is 1.90. The van der Waals surface area contributed by atoms with Gasteiger partial charge in [0.05, 0.1) is 17.7 Å². The zero-order chi connectivity index (χ0) is 18.2. The fraction of sp³-hybridized carbons (Fsp3) is 0.111. The number of halogens is 1. The normalized spacial score (nSPS) is 9.64. The van der Waals surface area contributed by atoms with E-state index in [2.05, 4.69) is 17.2 Å². The Morgan fingerprint density at radius 2 is 1.96 bits per heavy atom. The Hall–Kier alpha value is -3.53. The van der Waals surface area contributed by atoms with Crippen LogP contribution >= 0.6 is 0 Å². The van der Waals surface area contributed by atoms with Crippen LogP contribution in [-0.2, 0) is 11.3 Å². The molecule has 7 heteroatoms. The van der Waals surface area contributed by atoms with Gasteiger partial charge >= 0.3 is 12.1 Å². The van der Waals surface area contributed by atoms with Crippen molar-refractivity contribution in [3.8, 4) is 11.8 Å². The standard InChI is InChI=1S/C18H15FN2O4/c19-15-10-16(20)14(17(22)23)9-13(15)7-4-8-21-18(24)25-11-12-5-2-1-3-6-12/h1-3,5-6,9-10H,8,11,20H2,(H,21,24)(H,22,23). The molecular formula is C18H15FN2O4. The molecule has 25 heavy (non-hydrogen) atoms. The number of benzene rings is 2. The summed E-state index contributed by atoms with van der Waals surface area (Å²) in [7, 11) is 0. The van der Waals surface area contributed by atoms with E-state index in [-0.39, 0.29) is 30.0 Å². The van der Waals surface area contributed by atoms with Crippen molar-refractivity contribution in [3.05, 3.63) is 65.0 Å². The fourth-order valence-corrected chi connectivity index (χ4v) is 1.90. The number of nitrogens with one attached hydrogen (secondary N) is 1. The minimum Gasteiger partial charge on any atom is -0.478 e. The molecule has 0 aliphatic carbocycles. The number of carbonyl (C=O) groups is 2. The van der Waals surface area contributed by atoms with Crippen LogP contribution in [0.15, 0.2) is 42.5 Å². The number of amides is 1. The van der Waals surface area contributed by atoms with Crippen molar-refractivity contribution in [2.24, 2.45) is 0 Å². The van der Waals surface area contributed by atoms with E-state index in [9.17, 15) is 14.0 Å². The van der Waals surface area contributed by atoms with E-state index in [1.54, 1.807) is 0 Å². The first-order valence-electron chi connectivity index (χ1n) is 7.23. The van der Waals surface area contributed by atoms with Crippen LogP contribution in [0.1, 0.15) is 21.5 Å². The zero-order valence-corrected chi connectivity index (χ0v) is 13.1. The van der Waals surface area contributed by atoms with Gasteiger partial charge in [-0.05, 0) is 17.7 Å². The van der Waals surface area contributed by atoms with Gasteiger partial charge in [0.2, 0.25) is 0 Å². The molecule has 0 aliphatic heterocycles. The van der Waals surface area contributed by atoms with E-state index in [0.29, 0.717) is 0 Å². The van der Waals surface area contributed by atoms with E-state index in [1.807, 2.05) is 30.3 Å². The Bertz CT molecular complexity index is 841. The highest BCUT2D eigenvalue weighted by Gasteiger charge is 2.12. The van der Waals surface area contributed by atoms with Crippen LogP contribution in [0.5, 0.6) is 0 Å². The lowest BCUT2D eigenvalue weighted by Crippen LogP contribution is -2.24. The number of carboxylic acid groups (broad SMARTS) is 1. The zero-order valence-electron chi connectivity index (χ0n) is 13.1. The van der Waals surface area contributed by atoms with Gasteiger partial charge in [0, 0.05) is 5.69 Å². The van der Waals surface area contributed by atoms with Gasteiger partial charge in [-0.2, -0.15) is 0 Å². The number of carbonyl (C=O) groups excluding carboxylic acids is 1. The van der Waals surface area contributed by atoms with Crippen molar-refractivity contribution in [1.82, 2.24) is 5.32 Å². The highest BCUT2D eigenvalue weighted by Crippen LogP contribution is 2.17. The Kier molecular flexibility index (Phi) is 5.96. The maximum atomic E-state index is 13.7. The molecule has 0 spiro atoms. The third-order valence-electron chi connectivity index (χ3n) is 3.13. The van der Waals surface area contributed by atoms with Crippen LogP contribution in [-0.4, -0.2) is 23.7 Å². The SMILES string of the molecule is Nc1cc(F)c(C#CCNC(=O)OCc2ccccc2)cc1C(=O)O. The number of nitrogens with two attached hydrogens (primary N) is 1. The average Bonchev–Trinajstić information content (AvgIpc) is 2.59. The summed E-state index contributed by atoms with van der Waals surface area (Å²) in [6.45, 7) is 0.0362. The lowest BCUT2D eigenvalue weighted by Gasteiger charge is -2.04. The molecule has 0 saturated carbocycles. The monoisotopic (exact) mass is 342 g/mol. The van der Waals surface area contributed by atoms with Gasteiger partial charge in [0.25, 0.3) is 0 Å². The van der Waals surface area contributed by atoms with Crippen LogP contribution in [0.25, 0.3) is 0 Å². The number of hydrogen-bond donors (Lipinski definition) is 3. The Morgan fingerprint density at radius 3 is 2.64 bits per heavy atom. The Balaban J connectivity index is 1.89. The lowest BCUT2D eigenvalue weighted by molar-refractivity contribution is 0.0698. The third-order valence-corrected chi connectivity index (χ3v) is 3.13. The van der Waals surface area contributed by atoms with Crippen molar-refractivity contribution in [3.63, 3.8) is 0 Å². The molecule has 1 amide bonds. The Labute approximate surface area is 143 Å². The van der Waals surface area contributed by atoms with Gasteiger partial charge in [0.15, 0.2) is 0 Å². The summed E-state index contributed by atoms with van der Waals surface area (Å²) in [5.74, 6) is 2.96. The van der Waals surface area contributed by atoms with Gasteiger partial charge in [0.1, 0.15) is 12.4 Å². The quantitative estimate of drug-likeness (QED) is 0.585. The van der Waals surface area contributed by atoms with Gasteiger partial charge in [-0.15, -0.1) is 0 Å². The minimum absolute atomic E-state index is 0.0835. The molecule has 2 aromatic carbocycles. The molecule has 0 bridgehead atoms. The van der Waals surface area contributed by atoms with Crippen molar-refractivity contribution >= 4 is 17.7 Å². The molecule has 4 N–H and O–H groups in total. The predicted octanol–water partition coefficient (Wildman–Crippen LogP) is 2.38. The van der Waals surface area contributed by atoms with E-state index in [1.165, 1.54) is 0 Å². The van der Waals surface area contributed by atoms with Gasteiger partial charge in [-0.1, -0.05) is 42.2 Å². The Morgan fingerprint density at radius 1 is 1.24 bits per heavy atom. The highest BCUT2D eigenvalue weighted by molar-refractivity contribution is 5.94. The van der Waals surface area contributed by atoms with Crippen molar-refractivity contribution < 1.29 is 23.8 Å². The molecule has 0 fully saturated rings. The van der Waals surface area contributed by atoms with E-state index < -0.39 is 17.9 Å². The smallest absolute Gasteiger partial charge is 0.408 e. The van der Waals surface area contributed by atoms with Crippen LogP contribution in [0.2, 0.25) is 0 Å². The van der Waals surface area contributed by atoms with Crippen LogP contribution in [0.4, 0.5) is 14.9 Å².